The lowest BCUT2D eigenvalue weighted by Crippen LogP contribution is -2.09. The Balaban J connectivity index is 2.88. The minimum absolute atomic E-state index is 0.0772. The number of aromatic nitrogens is 2. The Morgan fingerprint density at radius 1 is 1.50 bits per heavy atom. The lowest BCUT2D eigenvalue weighted by atomic mass is 10.3. The monoisotopic (exact) mass is 194 g/mol. The van der Waals surface area contributed by atoms with Crippen LogP contribution in [0.5, 0.6) is 5.88 Å². The Morgan fingerprint density at radius 3 is 2.79 bits per heavy atom. The van der Waals surface area contributed by atoms with Crippen LogP contribution < -0.4 is 4.74 Å². The van der Waals surface area contributed by atoms with E-state index in [4.69, 9.17) is 4.74 Å². The number of aldehydes is 1. The molecule has 0 spiro atoms. The third-order valence-corrected chi connectivity index (χ3v) is 1.52. The molecule has 76 valence electrons. The molecule has 14 heavy (non-hydrogen) atoms. The minimum Gasteiger partial charge on any atom is -0.475 e. The fourth-order valence-electron chi connectivity index (χ4n) is 1.09. The number of aryl methyl sites for hydroxylation is 1. The van der Waals surface area contributed by atoms with Gasteiger partial charge in [0.15, 0.2) is 0 Å². The van der Waals surface area contributed by atoms with E-state index in [1.165, 1.54) is 0 Å². The maximum absolute atomic E-state index is 10.3. The normalized spacial score (nSPS) is 10.3. The number of nitrogens with zero attached hydrogens (tertiary/aromatic N) is 2. The summed E-state index contributed by atoms with van der Waals surface area (Å²) in [5.41, 5.74) is 0.697. The van der Waals surface area contributed by atoms with Gasteiger partial charge in [0.05, 0.1) is 11.8 Å². The molecule has 0 aromatic carbocycles. The smallest absolute Gasteiger partial charge is 0.217 e. The standard InChI is InChI=1S/C10H14N2O2/c1-7(2)14-10-6-9(4-5-13)11-8(3)12-10/h5-7H,4H2,1-3H3. The zero-order valence-electron chi connectivity index (χ0n) is 8.65. The van der Waals surface area contributed by atoms with Crippen molar-refractivity contribution in [3.05, 3.63) is 17.6 Å². The number of hydrogen-bond acceptors (Lipinski definition) is 4. The van der Waals surface area contributed by atoms with E-state index >= 15 is 0 Å². The molecule has 0 amide bonds. The Bertz CT molecular complexity index is 324. The van der Waals surface area contributed by atoms with Gasteiger partial charge in [-0.15, -0.1) is 0 Å². The van der Waals surface area contributed by atoms with Crippen LogP contribution in [0.4, 0.5) is 0 Å². The van der Waals surface area contributed by atoms with E-state index in [9.17, 15) is 4.79 Å². The molecule has 0 aliphatic rings. The number of carbonyl (C=O) groups is 1. The summed E-state index contributed by atoms with van der Waals surface area (Å²) in [6, 6.07) is 1.70. The predicted molar refractivity (Wildman–Crippen MR) is 52.3 cm³/mol. The summed E-state index contributed by atoms with van der Waals surface area (Å²) in [7, 11) is 0. The molecule has 0 radical (unpaired) electrons. The van der Waals surface area contributed by atoms with E-state index in [2.05, 4.69) is 9.97 Å². The summed E-state index contributed by atoms with van der Waals surface area (Å²) in [6.45, 7) is 5.63. The first-order valence-electron chi connectivity index (χ1n) is 4.56. The lowest BCUT2D eigenvalue weighted by molar-refractivity contribution is -0.107. The van der Waals surface area contributed by atoms with Crippen molar-refractivity contribution in [2.45, 2.75) is 33.3 Å². The highest BCUT2D eigenvalue weighted by Gasteiger charge is 2.03. The van der Waals surface area contributed by atoms with Crippen molar-refractivity contribution >= 4 is 6.29 Å². The molecule has 4 heteroatoms. The van der Waals surface area contributed by atoms with Crippen molar-refractivity contribution in [2.24, 2.45) is 0 Å². The second-order valence-electron chi connectivity index (χ2n) is 3.28. The summed E-state index contributed by atoms with van der Waals surface area (Å²) < 4.78 is 5.41. The summed E-state index contributed by atoms with van der Waals surface area (Å²) in [5, 5.41) is 0. The van der Waals surface area contributed by atoms with Crippen LogP contribution in [0.1, 0.15) is 25.4 Å². The first-order chi connectivity index (χ1) is 6.61. The van der Waals surface area contributed by atoms with Gasteiger partial charge in [0.2, 0.25) is 5.88 Å². The molecule has 0 saturated carbocycles. The van der Waals surface area contributed by atoms with Crippen molar-refractivity contribution in [2.75, 3.05) is 0 Å². The second-order valence-corrected chi connectivity index (χ2v) is 3.28. The molecule has 0 unspecified atom stereocenters. The van der Waals surface area contributed by atoms with Crippen LogP contribution in [0.3, 0.4) is 0 Å². The van der Waals surface area contributed by atoms with Crippen LogP contribution in [0, 0.1) is 6.92 Å². The van der Waals surface area contributed by atoms with Crippen molar-refractivity contribution in [3.8, 4) is 5.88 Å². The zero-order chi connectivity index (χ0) is 10.6. The number of hydrogen-bond donors (Lipinski definition) is 0. The van der Waals surface area contributed by atoms with Crippen LogP contribution >= 0.6 is 0 Å². The maximum Gasteiger partial charge on any atom is 0.217 e. The largest absolute Gasteiger partial charge is 0.475 e. The van der Waals surface area contributed by atoms with E-state index in [-0.39, 0.29) is 6.10 Å². The number of ether oxygens (including phenoxy) is 1. The van der Waals surface area contributed by atoms with Crippen LogP contribution in [-0.2, 0) is 11.2 Å². The van der Waals surface area contributed by atoms with Gasteiger partial charge in [-0.1, -0.05) is 0 Å². The molecule has 0 saturated heterocycles. The summed E-state index contributed by atoms with van der Waals surface area (Å²) in [4.78, 5) is 18.5. The van der Waals surface area contributed by atoms with Gasteiger partial charge in [-0.2, -0.15) is 4.98 Å². The Hall–Kier alpha value is -1.45. The molecule has 0 bridgehead atoms. The highest BCUT2D eigenvalue weighted by atomic mass is 16.5. The third-order valence-electron chi connectivity index (χ3n) is 1.52. The van der Waals surface area contributed by atoms with Gasteiger partial charge in [-0.3, -0.25) is 0 Å². The van der Waals surface area contributed by atoms with Crippen molar-refractivity contribution in [1.82, 2.24) is 9.97 Å². The first kappa shape index (κ1) is 10.6. The molecular formula is C10H14N2O2. The fraction of sp³-hybridized carbons (Fsp3) is 0.500. The maximum atomic E-state index is 10.3. The molecule has 0 fully saturated rings. The highest BCUT2D eigenvalue weighted by Crippen LogP contribution is 2.10. The van der Waals surface area contributed by atoms with E-state index in [1.807, 2.05) is 13.8 Å². The first-order valence-corrected chi connectivity index (χ1v) is 4.56. The molecule has 0 atom stereocenters. The topological polar surface area (TPSA) is 52.1 Å². The quantitative estimate of drug-likeness (QED) is 0.678. The SMILES string of the molecule is Cc1nc(CC=O)cc(OC(C)C)n1. The zero-order valence-corrected chi connectivity index (χ0v) is 8.65. The van der Waals surface area contributed by atoms with Crippen molar-refractivity contribution in [3.63, 3.8) is 0 Å². The fourth-order valence-corrected chi connectivity index (χ4v) is 1.09. The van der Waals surface area contributed by atoms with Gasteiger partial charge in [-0.05, 0) is 20.8 Å². The van der Waals surface area contributed by atoms with Crippen molar-refractivity contribution in [1.29, 1.82) is 0 Å². The van der Waals surface area contributed by atoms with E-state index in [0.29, 0.717) is 23.8 Å². The molecule has 0 aliphatic carbocycles. The molecule has 0 aliphatic heterocycles. The third kappa shape index (κ3) is 3.12. The number of carbonyl (C=O) groups excluding carboxylic acids is 1. The van der Waals surface area contributed by atoms with Gasteiger partial charge in [0.25, 0.3) is 0 Å². The Labute approximate surface area is 83.3 Å². The molecule has 1 rings (SSSR count). The molecule has 0 N–H and O–H groups in total. The van der Waals surface area contributed by atoms with Crippen LogP contribution in [0.2, 0.25) is 0 Å². The average molecular weight is 194 g/mol. The molecular weight excluding hydrogens is 180 g/mol. The summed E-state index contributed by atoms with van der Waals surface area (Å²) in [6.07, 6.45) is 1.20. The molecule has 1 heterocycles. The predicted octanol–water partition coefficient (Wildman–Crippen LogP) is 1.31. The van der Waals surface area contributed by atoms with Gasteiger partial charge in [0.1, 0.15) is 12.1 Å². The lowest BCUT2D eigenvalue weighted by Gasteiger charge is -2.09. The van der Waals surface area contributed by atoms with Crippen LogP contribution in [-0.4, -0.2) is 22.4 Å². The molecule has 1 aromatic heterocycles. The second kappa shape index (κ2) is 4.69. The average Bonchev–Trinajstić information content (AvgIpc) is 2.01. The summed E-state index contributed by atoms with van der Waals surface area (Å²) >= 11 is 0. The number of rotatable bonds is 4. The van der Waals surface area contributed by atoms with Gasteiger partial charge < -0.3 is 9.53 Å². The van der Waals surface area contributed by atoms with Crippen molar-refractivity contribution < 1.29 is 9.53 Å². The summed E-state index contributed by atoms with van der Waals surface area (Å²) in [5.74, 6) is 1.16. The molecule has 4 nitrogen and oxygen atoms in total. The minimum atomic E-state index is 0.0772. The van der Waals surface area contributed by atoms with Gasteiger partial charge in [0, 0.05) is 12.5 Å². The van der Waals surface area contributed by atoms with E-state index < -0.39 is 0 Å². The highest BCUT2D eigenvalue weighted by molar-refractivity contribution is 5.53. The van der Waals surface area contributed by atoms with Gasteiger partial charge >= 0.3 is 0 Å². The Kier molecular flexibility index (Phi) is 3.56. The van der Waals surface area contributed by atoms with E-state index in [1.54, 1.807) is 13.0 Å². The van der Waals surface area contributed by atoms with Gasteiger partial charge in [-0.25, -0.2) is 4.98 Å². The van der Waals surface area contributed by atoms with Crippen LogP contribution in [0.15, 0.2) is 6.07 Å². The van der Waals surface area contributed by atoms with Crippen LogP contribution in [0.25, 0.3) is 0 Å². The molecule has 1 aromatic rings. The van der Waals surface area contributed by atoms with E-state index in [0.717, 1.165) is 6.29 Å². The Morgan fingerprint density at radius 2 is 2.21 bits per heavy atom.